The Morgan fingerprint density at radius 2 is 1.83 bits per heavy atom. The number of nitrogen functional groups attached to an aromatic ring is 1. The van der Waals surface area contributed by atoms with Crippen molar-refractivity contribution in [1.82, 2.24) is 15.3 Å². The molecular weight excluding hydrogens is 799 g/mol. The molecule has 0 radical (unpaired) electrons. The molecule has 2 fully saturated rings. The van der Waals surface area contributed by atoms with Crippen LogP contribution in [0, 0.1) is 17.3 Å². The Bertz CT molecular complexity index is 2080. The van der Waals surface area contributed by atoms with Gasteiger partial charge in [-0.1, -0.05) is 26.3 Å². The number of aromatic nitrogens is 2. The van der Waals surface area contributed by atoms with Crippen LogP contribution in [-0.2, 0) is 25.5 Å². The van der Waals surface area contributed by atoms with E-state index < -0.39 is 30.3 Å². The molecule has 16 nitrogen and oxygen atoms in total. The molecule has 17 heteroatoms. The van der Waals surface area contributed by atoms with Crippen molar-refractivity contribution in [1.29, 1.82) is 0 Å². The first kappa shape index (κ1) is 46.5. The van der Waals surface area contributed by atoms with Gasteiger partial charge in [0.1, 0.15) is 17.5 Å². The topological polar surface area (TPSA) is 255 Å². The molecule has 7 rings (SSSR count). The molecule has 60 heavy (non-hydrogen) atoms. The third kappa shape index (κ3) is 10.7. The number of fused-ring (bicyclic) bond motifs is 6. The van der Waals surface area contributed by atoms with Gasteiger partial charge in [0.15, 0.2) is 5.82 Å². The number of carboxylic acid groups (broad SMARTS) is 2. The second kappa shape index (κ2) is 20.3. The number of hydrogen-bond acceptors (Lipinski definition) is 14. The summed E-state index contributed by atoms with van der Waals surface area (Å²) in [6.07, 6.45) is 8.61. The molecule has 1 aromatic heterocycles. The number of nitrogens with one attached hydrogen (secondary N) is 4. The Hall–Kier alpha value is -4.54. The normalized spacial score (nSPS) is 23.9. The number of likely N-dealkylation sites (N-methyl/N-ethyl adjacent to an activating group) is 1. The van der Waals surface area contributed by atoms with Gasteiger partial charge in [-0.05, 0) is 123 Å². The van der Waals surface area contributed by atoms with Crippen LogP contribution in [0.1, 0.15) is 105 Å². The molecule has 3 aliphatic carbocycles. The van der Waals surface area contributed by atoms with Crippen molar-refractivity contribution in [2.45, 2.75) is 109 Å². The Kier molecular flexibility index (Phi) is 15.8. The summed E-state index contributed by atoms with van der Waals surface area (Å²) < 4.78 is 5.98. The van der Waals surface area contributed by atoms with E-state index in [-0.39, 0.29) is 84.8 Å². The fraction of sp³-hybridized carbons (Fsp3) is 0.535. The van der Waals surface area contributed by atoms with Gasteiger partial charge >= 0.3 is 43.7 Å². The van der Waals surface area contributed by atoms with Gasteiger partial charge in [-0.2, -0.15) is 4.98 Å². The van der Waals surface area contributed by atoms with Crippen LogP contribution in [0.2, 0.25) is 0 Å². The van der Waals surface area contributed by atoms with E-state index in [4.69, 9.17) is 10.5 Å². The Labute approximate surface area is 379 Å². The molecule has 2 heterocycles. The minimum atomic E-state index is -1.58. The van der Waals surface area contributed by atoms with E-state index in [0.29, 0.717) is 60.2 Å². The number of phenolic OH excluding ortho intramolecular Hbond substituents is 1. The first-order valence-electron chi connectivity index (χ1n) is 20.6. The summed E-state index contributed by atoms with van der Waals surface area (Å²) in [6, 6.07) is 10.7. The van der Waals surface area contributed by atoms with E-state index in [1.165, 1.54) is 42.5 Å². The molecule has 0 saturated heterocycles. The number of carbonyl (C=O) groups is 4. The van der Waals surface area contributed by atoms with Gasteiger partial charge in [0.25, 0.3) is 11.5 Å². The summed E-state index contributed by atoms with van der Waals surface area (Å²) in [5.41, 5.74) is 9.46. The summed E-state index contributed by atoms with van der Waals surface area (Å²) >= 11 is 0. The van der Waals surface area contributed by atoms with Crippen LogP contribution in [0.15, 0.2) is 47.3 Å². The van der Waals surface area contributed by atoms with E-state index in [1.54, 1.807) is 24.1 Å². The number of unbranched alkanes of at least 4 members (excludes halogenated alkanes) is 1. The number of aromatic hydroxyl groups is 1. The molecular formula is C43H55CaN7O9. The van der Waals surface area contributed by atoms with Gasteiger partial charge in [0.2, 0.25) is 5.95 Å². The monoisotopic (exact) mass is 853 g/mol. The zero-order valence-electron chi connectivity index (χ0n) is 34.6. The molecule has 1 amide bonds. The molecule has 7 atom stereocenters. The van der Waals surface area contributed by atoms with Crippen molar-refractivity contribution in [2.75, 3.05) is 41.4 Å². The Balaban J connectivity index is 0.000000229. The standard InChI is InChI=1S/C23H32O3.C20H25N7O6.Ca/c1-3-4-5-22(25)26-21-11-10-20-19-8-6-15-14-16(24)7-9-17(15)18(19)12-13-23(20,21)2;1-27-12(9-23-16-15(27)18(31)26-20(21)25-16)8-22-11-4-2-10(3-5-11)17(30)24-13(19(32)33)6-7-14(28)29;/h7,9,14,18-21,24H,3-6,8,10-13H2,1-2H3;2-5,12-13,22H,6-9H2,1H3,(H,24,30)(H,28,29)(H,32,33)(H4,21,23,25,26,31);/q;;+2/p-2/t18-,19-,20+,21+,23+;12-,13-;/m10./s1. The number of aryl methyl sites for hydroxylation is 1. The van der Waals surface area contributed by atoms with Crippen molar-refractivity contribution < 1.29 is 39.2 Å². The third-order valence-corrected chi connectivity index (χ3v) is 12.9. The number of carbonyl (C=O) groups excluding carboxylic acids is 4. The van der Waals surface area contributed by atoms with Crippen molar-refractivity contribution in [3.05, 3.63) is 69.5 Å². The molecule has 7 N–H and O–H groups in total. The van der Waals surface area contributed by atoms with Gasteiger partial charge in [-0.3, -0.25) is 19.4 Å². The molecule has 4 aliphatic rings. The number of hydrogen-bond donors (Lipinski definition) is 6. The predicted octanol–water partition coefficient (Wildman–Crippen LogP) is 2.04. The zero-order valence-corrected chi connectivity index (χ0v) is 36.8. The van der Waals surface area contributed by atoms with Gasteiger partial charge in [0, 0.05) is 49.2 Å². The molecule has 2 aromatic carbocycles. The molecule has 318 valence electrons. The molecule has 0 unspecified atom stereocenters. The van der Waals surface area contributed by atoms with Crippen LogP contribution in [0.3, 0.4) is 0 Å². The van der Waals surface area contributed by atoms with Crippen molar-refractivity contribution in [3.8, 4) is 5.75 Å². The van der Waals surface area contributed by atoms with Gasteiger partial charge < -0.3 is 56.2 Å². The number of H-pyrrole nitrogens is 1. The number of aliphatic carboxylic acids is 2. The SMILES string of the molecule is CCCCC(=O)O[C@H]1CC[C@H]2[C@@H]3CCc4cc(O)ccc4[C@H]3CC[C@]12C.CN1c2c(nc(N)[nH]c2=O)NC[C@@H]1CNc1ccc(C(=O)N[C@@H](CCC(=O)[O-])C(=O)[O-])cc1.[Ca+2]. The molecule has 1 aliphatic heterocycles. The second-order valence-corrected chi connectivity index (χ2v) is 16.5. The summed E-state index contributed by atoms with van der Waals surface area (Å²) in [4.78, 5) is 66.7. The second-order valence-electron chi connectivity index (χ2n) is 16.5. The van der Waals surface area contributed by atoms with Gasteiger partial charge in [-0.15, -0.1) is 0 Å². The Morgan fingerprint density at radius 1 is 1.08 bits per heavy atom. The fourth-order valence-corrected chi connectivity index (χ4v) is 9.66. The van der Waals surface area contributed by atoms with E-state index in [9.17, 15) is 39.3 Å². The summed E-state index contributed by atoms with van der Waals surface area (Å²) in [7, 11) is 1.78. The predicted molar refractivity (Wildman–Crippen MR) is 223 cm³/mol. The van der Waals surface area contributed by atoms with Gasteiger partial charge in [0.05, 0.1) is 18.1 Å². The minimum absolute atomic E-state index is 0. The molecule has 0 spiro atoms. The average Bonchev–Trinajstić information content (AvgIpc) is 3.53. The maximum Gasteiger partial charge on any atom is 2.00 e. The fourth-order valence-electron chi connectivity index (χ4n) is 9.66. The molecule has 0 bridgehead atoms. The van der Waals surface area contributed by atoms with Gasteiger partial charge in [-0.25, -0.2) is 0 Å². The van der Waals surface area contributed by atoms with E-state index in [0.717, 1.165) is 32.1 Å². The molecule has 3 aromatic rings. The summed E-state index contributed by atoms with van der Waals surface area (Å²) in [5, 5.41) is 40.0. The van der Waals surface area contributed by atoms with E-state index >= 15 is 0 Å². The van der Waals surface area contributed by atoms with Crippen LogP contribution in [0.5, 0.6) is 5.75 Å². The third-order valence-electron chi connectivity index (χ3n) is 12.9. The number of anilines is 4. The number of rotatable bonds is 13. The van der Waals surface area contributed by atoms with E-state index in [2.05, 4.69) is 45.8 Å². The van der Waals surface area contributed by atoms with E-state index in [1.807, 2.05) is 12.1 Å². The van der Waals surface area contributed by atoms with Crippen molar-refractivity contribution in [2.24, 2.45) is 17.3 Å². The molecule has 2 saturated carbocycles. The summed E-state index contributed by atoms with van der Waals surface area (Å²) in [5.74, 6) is -0.847. The van der Waals surface area contributed by atoms with Crippen LogP contribution in [-0.4, -0.2) is 115 Å². The maximum atomic E-state index is 12.3. The number of esters is 1. The number of benzene rings is 2. The average molecular weight is 854 g/mol. The van der Waals surface area contributed by atoms with Crippen molar-refractivity contribution >= 4 is 84.7 Å². The Morgan fingerprint density at radius 3 is 2.53 bits per heavy atom. The largest absolute Gasteiger partial charge is 2.00 e. The van der Waals surface area contributed by atoms with Crippen LogP contribution in [0.25, 0.3) is 0 Å². The smallest absolute Gasteiger partial charge is 0.550 e. The van der Waals surface area contributed by atoms with Crippen LogP contribution < -0.4 is 42.4 Å². The number of nitrogens with two attached hydrogens (primary N) is 1. The number of nitrogens with zero attached hydrogens (tertiary/aromatic N) is 2. The zero-order chi connectivity index (χ0) is 42.4. The summed E-state index contributed by atoms with van der Waals surface area (Å²) in [6.45, 7) is 5.48. The number of ether oxygens (including phenoxy) is 1. The first-order chi connectivity index (χ1) is 28.2. The first-order valence-corrected chi connectivity index (χ1v) is 20.6. The van der Waals surface area contributed by atoms with Crippen LogP contribution >= 0.6 is 0 Å². The minimum Gasteiger partial charge on any atom is -0.550 e. The number of amides is 1. The number of phenols is 1. The number of aromatic amines is 1. The maximum absolute atomic E-state index is 12.3. The number of carboxylic acids is 2. The quantitative estimate of drug-likeness (QED) is 0.106. The van der Waals surface area contributed by atoms with Crippen molar-refractivity contribution in [3.63, 3.8) is 0 Å². The van der Waals surface area contributed by atoms with Crippen LogP contribution in [0.4, 0.5) is 23.1 Å².